The van der Waals surface area contributed by atoms with Crippen molar-refractivity contribution in [2.75, 3.05) is 12.4 Å². The van der Waals surface area contributed by atoms with Gasteiger partial charge in [-0.1, -0.05) is 5.21 Å². The van der Waals surface area contributed by atoms with Gasteiger partial charge in [0, 0.05) is 5.69 Å². The smallest absolute Gasteiger partial charge is 0.355 e. The van der Waals surface area contributed by atoms with Gasteiger partial charge in [-0.25, -0.2) is 9.48 Å². The van der Waals surface area contributed by atoms with Gasteiger partial charge in [0.2, 0.25) is 5.91 Å². The fourth-order valence-electron chi connectivity index (χ4n) is 1.71. The Labute approximate surface area is 120 Å². The van der Waals surface area contributed by atoms with Crippen molar-refractivity contribution in [1.29, 1.82) is 0 Å². The largest absolute Gasteiger partial charge is 0.497 e. The number of methoxy groups -OCH3 is 1. The lowest BCUT2D eigenvalue weighted by atomic mass is 10.2. The number of hydrogen-bond acceptors (Lipinski definition) is 5. The van der Waals surface area contributed by atoms with Crippen molar-refractivity contribution in [3.05, 3.63) is 36.2 Å². The molecule has 110 valence electrons. The van der Waals surface area contributed by atoms with Crippen LogP contribution in [0.4, 0.5) is 5.69 Å². The van der Waals surface area contributed by atoms with Crippen molar-refractivity contribution in [2.45, 2.75) is 13.0 Å². The van der Waals surface area contributed by atoms with E-state index in [0.717, 1.165) is 10.9 Å². The summed E-state index contributed by atoms with van der Waals surface area (Å²) in [7, 11) is 1.55. The number of anilines is 1. The molecule has 0 saturated heterocycles. The molecule has 2 rings (SSSR count). The number of hydrogen-bond donors (Lipinski definition) is 2. The van der Waals surface area contributed by atoms with Crippen molar-refractivity contribution in [1.82, 2.24) is 15.0 Å². The topological polar surface area (TPSA) is 106 Å². The fraction of sp³-hybridized carbons (Fsp3) is 0.231. The van der Waals surface area contributed by atoms with Crippen LogP contribution in [0.2, 0.25) is 0 Å². The standard InChI is InChI=1S/C13H14N4O4/c1-8(17-11(13(19)20)7-14-16-17)12(18)15-9-3-5-10(21-2)6-4-9/h3-8H,1-2H3,(H,15,18)(H,19,20). The van der Waals surface area contributed by atoms with Crippen molar-refractivity contribution in [2.24, 2.45) is 0 Å². The molecule has 0 fully saturated rings. The highest BCUT2D eigenvalue weighted by Gasteiger charge is 2.22. The number of nitrogens with one attached hydrogen (secondary N) is 1. The molecule has 0 aliphatic carbocycles. The van der Waals surface area contributed by atoms with E-state index in [9.17, 15) is 9.59 Å². The van der Waals surface area contributed by atoms with E-state index in [0.29, 0.717) is 11.4 Å². The highest BCUT2D eigenvalue weighted by atomic mass is 16.5. The van der Waals surface area contributed by atoms with E-state index >= 15 is 0 Å². The van der Waals surface area contributed by atoms with Crippen LogP contribution in [0.3, 0.4) is 0 Å². The third kappa shape index (κ3) is 3.16. The molecular weight excluding hydrogens is 276 g/mol. The summed E-state index contributed by atoms with van der Waals surface area (Å²) in [5, 5.41) is 18.8. The van der Waals surface area contributed by atoms with Gasteiger partial charge in [0.15, 0.2) is 5.69 Å². The van der Waals surface area contributed by atoms with E-state index in [1.165, 1.54) is 0 Å². The van der Waals surface area contributed by atoms with Gasteiger partial charge in [0.05, 0.1) is 13.3 Å². The molecule has 0 bridgehead atoms. The van der Waals surface area contributed by atoms with Crippen LogP contribution in [0.25, 0.3) is 0 Å². The maximum atomic E-state index is 12.1. The van der Waals surface area contributed by atoms with Crippen molar-refractivity contribution >= 4 is 17.6 Å². The summed E-state index contributed by atoms with van der Waals surface area (Å²) >= 11 is 0. The van der Waals surface area contributed by atoms with Gasteiger partial charge in [0.1, 0.15) is 11.8 Å². The molecule has 0 aliphatic rings. The predicted octanol–water partition coefficient (Wildman–Crippen LogP) is 1.18. The molecule has 0 radical (unpaired) electrons. The third-order valence-corrected chi connectivity index (χ3v) is 2.90. The molecule has 21 heavy (non-hydrogen) atoms. The van der Waals surface area contributed by atoms with Crippen LogP contribution >= 0.6 is 0 Å². The summed E-state index contributed by atoms with van der Waals surface area (Å²) in [5.74, 6) is -0.914. The van der Waals surface area contributed by atoms with Gasteiger partial charge >= 0.3 is 5.97 Å². The minimum Gasteiger partial charge on any atom is -0.497 e. The van der Waals surface area contributed by atoms with Crippen LogP contribution in [-0.2, 0) is 4.79 Å². The fourth-order valence-corrected chi connectivity index (χ4v) is 1.71. The van der Waals surface area contributed by atoms with Crippen LogP contribution in [0.1, 0.15) is 23.5 Å². The molecule has 2 N–H and O–H groups in total. The summed E-state index contributed by atoms with van der Waals surface area (Å²) in [4.78, 5) is 23.1. The Hall–Kier alpha value is -2.90. The maximum Gasteiger partial charge on any atom is 0.355 e. The van der Waals surface area contributed by atoms with Gasteiger partial charge in [0.25, 0.3) is 0 Å². The van der Waals surface area contributed by atoms with Gasteiger partial charge in [-0.2, -0.15) is 0 Å². The van der Waals surface area contributed by atoms with Crippen LogP contribution in [0.5, 0.6) is 5.75 Å². The zero-order valence-electron chi connectivity index (χ0n) is 11.5. The number of aromatic carboxylic acids is 1. The van der Waals surface area contributed by atoms with Gasteiger partial charge in [-0.05, 0) is 31.2 Å². The second-order valence-electron chi connectivity index (χ2n) is 4.26. The first kappa shape index (κ1) is 14.5. The Bertz CT molecular complexity index is 650. The van der Waals surface area contributed by atoms with Crippen LogP contribution in [0, 0.1) is 0 Å². The molecule has 8 nitrogen and oxygen atoms in total. The number of carbonyl (C=O) groups is 2. The first-order valence-electron chi connectivity index (χ1n) is 6.11. The van der Waals surface area contributed by atoms with E-state index < -0.39 is 17.9 Å². The Balaban J connectivity index is 2.11. The zero-order valence-corrected chi connectivity index (χ0v) is 11.5. The lowest BCUT2D eigenvalue weighted by Crippen LogP contribution is -2.26. The highest BCUT2D eigenvalue weighted by molar-refractivity contribution is 5.94. The molecule has 1 unspecified atom stereocenters. The third-order valence-electron chi connectivity index (χ3n) is 2.90. The minimum absolute atomic E-state index is 0.146. The van der Waals surface area contributed by atoms with Crippen LogP contribution < -0.4 is 10.1 Å². The van der Waals surface area contributed by atoms with Crippen molar-refractivity contribution in [3.63, 3.8) is 0 Å². The molecular formula is C13H14N4O4. The molecule has 8 heteroatoms. The summed E-state index contributed by atoms with van der Waals surface area (Å²) in [5.41, 5.74) is 0.428. The molecule has 1 atom stereocenters. The number of amides is 1. The normalized spacial score (nSPS) is 11.7. The second-order valence-corrected chi connectivity index (χ2v) is 4.26. The van der Waals surface area contributed by atoms with E-state index in [1.54, 1.807) is 38.3 Å². The average molecular weight is 290 g/mol. The number of aromatic nitrogens is 3. The second kappa shape index (κ2) is 6.04. The molecule has 1 aromatic carbocycles. The SMILES string of the molecule is COc1ccc(NC(=O)C(C)n2nncc2C(=O)O)cc1. The molecule has 2 aromatic rings. The van der Waals surface area contributed by atoms with E-state index in [-0.39, 0.29) is 5.69 Å². The lowest BCUT2D eigenvalue weighted by Gasteiger charge is -2.13. The number of carboxylic acid groups (broad SMARTS) is 1. The summed E-state index contributed by atoms with van der Waals surface area (Å²) in [6, 6.07) is 5.98. The van der Waals surface area contributed by atoms with Gasteiger partial charge in [-0.15, -0.1) is 5.10 Å². The number of carbonyl (C=O) groups excluding carboxylic acids is 1. The lowest BCUT2D eigenvalue weighted by molar-refractivity contribution is -0.119. The molecule has 0 aliphatic heterocycles. The Morgan fingerprint density at radius 2 is 2.00 bits per heavy atom. The molecule has 1 heterocycles. The molecule has 0 saturated carbocycles. The van der Waals surface area contributed by atoms with E-state index in [4.69, 9.17) is 9.84 Å². The first-order chi connectivity index (χ1) is 10.0. The molecule has 0 spiro atoms. The maximum absolute atomic E-state index is 12.1. The number of rotatable bonds is 5. The van der Waals surface area contributed by atoms with Crippen molar-refractivity contribution in [3.8, 4) is 5.75 Å². The Morgan fingerprint density at radius 1 is 1.33 bits per heavy atom. The minimum atomic E-state index is -1.19. The van der Waals surface area contributed by atoms with Gasteiger partial charge < -0.3 is 15.2 Å². The van der Waals surface area contributed by atoms with Crippen molar-refractivity contribution < 1.29 is 19.4 Å². The van der Waals surface area contributed by atoms with E-state index in [1.807, 2.05) is 0 Å². The monoisotopic (exact) mass is 290 g/mol. The summed E-state index contributed by atoms with van der Waals surface area (Å²) in [6.07, 6.45) is 1.10. The number of carboxylic acids is 1. The quantitative estimate of drug-likeness (QED) is 0.856. The zero-order chi connectivity index (χ0) is 15.4. The van der Waals surface area contributed by atoms with E-state index in [2.05, 4.69) is 15.6 Å². The number of ether oxygens (including phenoxy) is 1. The number of nitrogens with zero attached hydrogens (tertiary/aromatic N) is 3. The highest BCUT2D eigenvalue weighted by Crippen LogP contribution is 2.17. The average Bonchev–Trinajstić information content (AvgIpc) is 2.96. The number of benzene rings is 1. The molecule has 1 amide bonds. The Morgan fingerprint density at radius 3 is 2.57 bits per heavy atom. The van der Waals surface area contributed by atoms with Crippen LogP contribution in [0.15, 0.2) is 30.5 Å². The Kier molecular flexibility index (Phi) is 4.17. The summed E-state index contributed by atoms with van der Waals surface area (Å²) < 4.78 is 6.08. The summed E-state index contributed by atoms with van der Waals surface area (Å²) in [6.45, 7) is 1.54. The molecule has 1 aromatic heterocycles. The van der Waals surface area contributed by atoms with Crippen LogP contribution in [-0.4, -0.2) is 39.1 Å². The van der Waals surface area contributed by atoms with Gasteiger partial charge in [-0.3, -0.25) is 4.79 Å². The first-order valence-corrected chi connectivity index (χ1v) is 6.11. The predicted molar refractivity (Wildman–Crippen MR) is 73.3 cm³/mol.